The van der Waals surface area contributed by atoms with Gasteiger partial charge in [0.1, 0.15) is 5.58 Å². The number of aryl methyl sites for hydroxylation is 2. The van der Waals surface area contributed by atoms with E-state index in [0.717, 1.165) is 5.56 Å². The Labute approximate surface area is 110 Å². The molecule has 0 bridgehead atoms. The topological polar surface area (TPSA) is 68.9 Å². The van der Waals surface area contributed by atoms with Gasteiger partial charge in [0.25, 0.3) is 0 Å². The molecule has 0 radical (unpaired) electrons. The second kappa shape index (κ2) is 4.84. The van der Waals surface area contributed by atoms with Gasteiger partial charge >= 0.3 is 5.97 Å². The Morgan fingerprint density at radius 1 is 1.42 bits per heavy atom. The van der Waals surface area contributed by atoms with E-state index in [1.54, 1.807) is 26.8 Å². The van der Waals surface area contributed by atoms with E-state index in [9.17, 15) is 9.90 Å². The van der Waals surface area contributed by atoms with Crippen LogP contribution in [0.25, 0.3) is 11.0 Å². The van der Waals surface area contributed by atoms with Gasteiger partial charge in [-0.25, -0.2) is 4.79 Å². The quantitative estimate of drug-likeness (QED) is 0.863. The minimum atomic E-state index is -0.535. The van der Waals surface area contributed by atoms with Crippen molar-refractivity contribution in [1.29, 1.82) is 0 Å². The standard InChI is InChI=1S/C14H16O5/c1-5-18-14(16)13-8(3)10-9(19-13)6-7(2)12(17-4)11(10)15/h6,15H,5H2,1-4H3. The molecule has 2 rings (SSSR count). The van der Waals surface area contributed by atoms with Gasteiger partial charge in [0.2, 0.25) is 5.76 Å². The zero-order chi connectivity index (χ0) is 14.2. The van der Waals surface area contributed by atoms with Gasteiger partial charge in [0, 0.05) is 5.56 Å². The Hall–Kier alpha value is -2.17. The molecule has 1 aromatic carbocycles. The second-order valence-electron chi connectivity index (χ2n) is 4.23. The molecule has 2 aromatic rings. The molecule has 0 saturated carbocycles. The number of carbonyl (C=O) groups is 1. The van der Waals surface area contributed by atoms with Crippen LogP contribution in [0.15, 0.2) is 10.5 Å². The van der Waals surface area contributed by atoms with E-state index in [-0.39, 0.29) is 18.1 Å². The molecule has 0 fully saturated rings. The number of rotatable bonds is 3. The molecule has 1 N–H and O–H groups in total. The first kappa shape index (κ1) is 13.3. The maximum Gasteiger partial charge on any atom is 0.374 e. The predicted octanol–water partition coefficient (Wildman–Crippen LogP) is 2.94. The number of furan rings is 1. The molecule has 0 saturated heterocycles. The molecular weight excluding hydrogens is 248 g/mol. The Morgan fingerprint density at radius 3 is 2.68 bits per heavy atom. The zero-order valence-electron chi connectivity index (χ0n) is 11.4. The molecule has 0 amide bonds. The van der Waals surface area contributed by atoms with Gasteiger partial charge in [-0.2, -0.15) is 0 Å². The number of methoxy groups -OCH3 is 1. The summed E-state index contributed by atoms with van der Waals surface area (Å²) in [6.07, 6.45) is 0. The second-order valence-corrected chi connectivity index (χ2v) is 4.23. The van der Waals surface area contributed by atoms with E-state index in [0.29, 0.717) is 22.3 Å². The monoisotopic (exact) mass is 264 g/mol. The minimum absolute atomic E-state index is 0.0192. The number of esters is 1. The molecule has 0 unspecified atom stereocenters. The smallest absolute Gasteiger partial charge is 0.374 e. The van der Waals surface area contributed by atoms with E-state index < -0.39 is 5.97 Å². The maximum atomic E-state index is 11.8. The molecule has 102 valence electrons. The van der Waals surface area contributed by atoms with Crippen LogP contribution in [0, 0.1) is 13.8 Å². The number of fused-ring (bicyclic) bond motifs is 1. The summed E-state index contributed by atoms with van der Waals surface area (Å²) in [5.74, 6) is -0.0619. The summed E-state index contributed by atoms with van der Waals surface area (Å²) >= 11 is 0. The molecule has 0 aliphatic heterocycles. The van der Waals surface area contributed by atoms with Gasteiger partial charge in [0.05, 0.1) is 19.1 Å². The highest BCUT2D eigenvalue weighted by Gasteiger charge is 2.23. The van der Waals surface area contributed by atoms with Crippen LogP contribution in [-0.2, 0) is 4.74 Å². The number of hydrogen-bond donors (Lipinski definition) is 1. The van der Waals surface area contributed by atoms with Gasteiger partial charge in [-0.15, -0.1) is 0 Å². The van der Waals surface area contributed by atoms with E-state index in [4.69, 9.17) is 13.9 Å². The lowest BCUT2D eigenvalue weighted by Crippen LogP contribution is -2.04. The highest BCUT2D eigenvalue weighted by Crippen LogP contribution is 2.41. The van der Waals surface area contributed by atoms with Crippen LogP contribution in [0.2, 0.25) is 0 Å². The molecule has 5 heteroatoms. The molecule has 0 aliphatic carbocycles. The number of carbonyl (C=O) groups excluding carboxylic acids is 1. The molecule has 0 aliphatic rings. The number of hydrogen-bond acceptors (Lipinski definition) is 5. The van der Waals surface area contributed by atoms with Crippen LogP contribution in [0.4, 0.5) is 0 Å². The fourth-order valence-electron chi connectivity index (χ4n) is 2.14. The summed E-state index contributed by atoms with van der Waals surface area (Å²) < 4.78 is 15.6. The Kier molecular flexibility index (Phi) is 3.38. The van der Waals surface area contributed by atoms with Crippen molar-refractivity contribution in [3.8, 4) is 11.5 Å². The van der Waals surface area contributed by atoms with E-state index in [1.165, 1.54) is 7.11 Å². The molecule has 1 aromatic heterocycles. The van der Waals surface area contributed by atoms with Crippen molar-refractivity contribution in [2.24, 2.45) is 0 Å². The van der Waals surface area contributed by atoms with E-state index in [1.807, 2.05) is 0 Å². The van der Waals surface area contributed by atoms with Crippen LogP contribution in [-0.4, -0.2) is 24.8 Å². The summed E-state index contributed by atoms with van der Waals surface area (Å²) in [6.45, 7) is 5.48. The fourth-order valence-corrected chi connectivity index (χ4v) is 2.14. The van der Waals surface area contributed by atoms with Gasteiger partial charge in [-0.3, -0.25) is 0 Å². The van der Waals surface area contributed by atoms with Gasteiger partial charge in [-0.05, 0) is 32.4 Å². The summed E-state index contributed by atoms with van der Waals surface area (Å²) in [5.41, 5.74) is 1.72. The fraction of sp³-hybridized carbons (Fsp3) is 0.357. The number of phenols is 1. The lowest BCUT2D eigenvalue weighted by atomic mass is 10.1. The largest absolute Gasteiger partial charge is 0.504 e. The highest BCUT2D eigenvalue weighted by atomic mass is 16.5. The zero-order valence-corrected chi connectivity index (χ0v) is 11.4. The third-order valence-corrected chi connectivity index (χ3v) is 3.00. The van der Waals surface area contributed by atoms with Crippen LogP contribution in [0.5, 0.6) is 11.5 Å². The number of benzene rings is 1. The SMILES string of the molecule is CCOC(=O)c1oc2cc(C)c(OC)c(O)c2c1C. The first-order chi connectivity index (χ1) is 9.01. The average Bonchev–Trinajstić information content (AvgIpc) is 2.67. The molecule has 1 heterocycles. The molecular formula is C14H16O5. The minimum Gasteiger partial charge on any atom is -0.504 e. The highest BCUT2D eigenvalue weighted by molar-refractivity contribution is 5.99. The Morgan fingerprint density at radius 2 is 2.11 bits per heavy atom. The van der Waals surface area contributed by atoms with Crippen LogP contribution in [0.3, 0.4) is 0 Å². The number of phenolic OH excluding ortho intramolecular Hbond substituents is 1. The first-order valence-corrected chi connectivity index (χ1v) is 5.98. The van der Waals surface area contributed by atoms with Crippen LogP contribution in [0.1, 0.15) is 28.6 Å². The molecule has 5 nitrogen and oxygen atoms in total. The molecule has 0 atom stereocenters. The van der Waals surface area contributed by atoms with Crippen molar-refractivity contribution in [2.75, 3.05) is 13.7 Å². The van der Waals surface area contributed by atoms with Crippen molar-refractivity contribution in [3.05, 3.63) is 23.0 Å². The third-order valence-electron chi connectivity index (χ3n) is 3.00. The van der Waals surface area contributed by atoms with Crippen molar-refractivity contribution < 1.29 is 23.8 Å². The molecule has 19 heavy (non-hydrogen) atoms. The predicted molar refractivity (Wildman–Crippen MR) is 69.9 cm³/mol. The summed E-state index contributed by atoms with van der Waals surface area (Å²) in [7, 11) is 1.48. The summed E-state index contributed by atoms with van der Waals surface area (Å²) in [4.78, 5) is 11.8. The van der Waals surface area contributed by atoms with E-state index in [2.05, 4.69) is 0 Å². The summed E-state index contributed by atoms with van der Waals surface area (Å²) in [5, 5.41) is 10.7. The van der Waals surface area contributed by atoms with Crippen molar-refractivity contribution in [1.82, 2.24) is 0 Å². The van der Waals surface area contributed by atoms with E-state index >= 15 is 0 Å². The molecule has 0 spiro atoms. The van der Waals surface area contributed by atoms with Gasteiger partial charge in [-0.1, -0.05) is 0 Å². The van der Waals surface area contributed by atoms with Gasteiger partial charge in [0.15, 0.2) is 11.5 Å². The Balaban J connectivity index is 2.70. The first-order valence-electron chi connectivity index (χ1n) is 5.98. The maximum absolute atomic E-state index is 11.8. The van der Waals surface area contributed by atoms with Crippen molar-refractivity contribution in [3.63, 3.8) is 0 Å². The normalized spacial score (nSPS) is 10.7. The third kappa shape index (κ3) is 2.01. The van der Waals surface area contributed by atoms with Crippen LogP contribution < -0.4 is 4.74 Å². The van der Waals surface area contributed by atoms with Gasteiger partial charge < -0.3 is 19.0 Å². The number of ether oxygens (including phenoxy) is 2. The Bertz CT molecular complexity index is 639. The number of aromatic hydroxyl groups is 1. The average molecular weight is 264 g/mol. The van der Waals surface area contributed by atoms with Crippen molar-refractivity contribution >= 4 is 16.9 Å². The van der Waals surface area contributed by atoms with Crippen molar-refractivity contribution in [2.45, 2.75) is 20.8 Å². The lowest BCUT2D eigenvalue weighted by molar-refractivity contribution is 0.0491. The summed E-state index contributed by atoms with van der Waals surface area (Å²) in [6, 6.07) is 1.73. The lowest BCUT2D eigenvalue weighted by Gasteiger charge is -2.07. The van der Waals surface area contributed by atoms with Crippen LogP contribution >= 0.6 is 0 Å².